The third-order valence-electron chi connectivity index (χ3n) is 2.76. The molecule has 2 rings (SSSR count). The molecule has 0 aromatic carbocycles. The molecule has 4 nitrogen and oxygen atoms in total. The summed E-state index contributed by atoms with van der Waals surface area (Å²) >= 11 is 1.56. The number of rotatable bonds is 4. The van der Waals surface area contributed by atoms with Crippen LogP contribution in [0.25, 0.3) is 0 Å². The maximum Gasteiger partial charge on any atom is 0.205 e. The first-order valence-electron chi connectivity index (χ1n) is 5.67. The fraction of sp³-hybridized carbons (Fsp3) is 0.800. The summed E-state index contributed by atoms with van der Waals surface area (Å²) in [6.07, 6.45) is 5.53. The van der Waals surface area contributed by atoms with Crippen molar-refractivity contribution >= 4 is 16.5 Å². The van der Waals surface area contributed by atoms with Gasteiger partial charge in [0.15, 0.2) is 0 Å². The Balaban J connectivity index is 1.64. The zero-order valence-electron chi connectivity index (χ0n) is 8.98. The first-order valence-corrected chi connectivity index (χ1v) is 6.55. The zero-order valence-corrected chi connectivity index (χ0v) is 9.80. The molecule has 0 radical (unpaired) electrons. The number of nitrogens with zero attached hydrogens (tertiary/aromatic N) is 3. The van der Waals surface area contributed by atoms with Gasteiger partial charge in [0.25, 0.3) is 0 Å². The van der Waals surface area contributed by atoms with Crippen molar-refractivity contribution in [2.24, 2.45) is 0 Å². The molecule has 0 saturated carbocycles. The predicted octanol–water partition coefficient (Wildman–Crippen LogP) is 1.83. The summed E-state index contributed by atoms with van der Waals surface area (Å²) in [4.78, 5) is 2.54. The maximum atomic E-state index is 3.96. The Hall–Kier alpha value is -0.680. The molecular weight excluding hydrogens is 208 g/mol. The lowest BCUT2D eigenvalue weighted by molar-refractivity contribution is 0.296. The second-order valence-corrected chi connectivity index (χ2v) is 4.76. The van der Waals surface area contributed by atoms with Gasteiger partial charge in [0.2, 0.25) is 5.13 Å². The highest BCUT2D eigenvalue weighted by Crippen LogP contribution is 2.10. The van der Waals surface area contributed by atoms with Crippen molar-refractivity contribution in [1.29, 1.82) is 0 Å². The van der Waals surface area contributed by atoms with E-state index in [1.807, 2.05) is 0 Å². The van der Waals surface area contributed by atoms with E-state index in [1.165, 1.54) is 38.8 Å². The van der Waals surface area contributed by atoms with Gasteiger partial charge in [0.05, 0.1) is 0 Å². The van der Waals surface area contributed by atoms with Gasteiger partial charge in [-0.3, -0.25) is 0 Å². The van der Waals surface area contributed by atoms with Gasteiger partial charge in [-0.2, -0.15) is 0 Å². The van der Waals surface area contributed by atoms with Crippen LogP contribution in [0.1, 0.15) is 25.7 Å². The second kappa shape index (κ2) is 6.02. The Labute approximate surface area is 94.7 Å². The van der Waals surface area contributed by atoms with Gasteiger partial charge in [0.1, 0.15) is 5.51 Å². The SMILES string of the molecule is c1nnc(NCCN2CCCCCC2)s1. The van der Waals surface area contributed by atoms with Crippen molar-refractivity contribution in [2.45, 2.75) is 25.7 Å². The average molecular weight is 226 g/mol. The third kappa shape index (κ3) is 3.76. The molecule has 0 unspecified atom stereocenters. The van der Waals surface area contributed by atoms with Crippen molar-refractivity contribution in [2.75, 3.05) is 31.5 Å². The fourth-order valence-electron chi connectivity index (χ4n) is 1.93. The first kappa shape index (κ1) is 10.8. The minimum absolute atomic E-state index is 0.935. The largest absolute Gasteiger partial charge is 0.359 e. The topological polar surface area (TPSA) is 41.1 Å². The molecule has 84 valence electrons. The smallest absolute Gasteiger partial charge is 0.205 e. The Morgan fingerprint density at radius 1 is 1.27 bits per heavy atom. The molecule has 1 fully saturated rings. The van der Waals surface area contributed by atoms with Crippen LogP contribution in [0, 0.1) is 0 Å². The molecule has 1 saturated heterocycles. The summed E-state index contributed by atoms with van der Waals surface area (Å²) < 4.78 is 0. The van der Waals surface area contributed by atoms with Gasteiger partial charge in [-0.1, -0.05) is 24.2 Å². The second-order valence-electron chi connectivity index (χ2n) is 3.93. The molecule has 0 bridgehead atoms. The zero-order chi connectivity index (χ0) is 10.3. The highest BCUT2D eigenvalue weighted by atomic mass is 32.1. The van der Waals surface area contributed by atoms with Crippen LogP contribution >= 0.6 is 11.3 Å². The van der Waals surface area contributed by atoms with Crippen molar-refractivity contribution in [1.82, 2.24) is 15.1 Å². The van der Waals surface area contributed by atoms with Crippen LogP contribution in [-0.2, 0) is 0 Å². The number of aromatic nitrogens is 2. The van der Waals surface area contributed by atoms with Gasteiger partial charge in [-0.25, -0.2) is 0 Å². The van der Waals surface area contributed by atoms with Crippen LogP contribution in [0.5, 0.6) is 0 Å². The number of anilines is 1. The lowest BCUT2D eigenvalue weighted by Gasteiger charge is -2.19. The predicted molar refractivity (Wildman–Crippen MR) is 63.3 cm³/mol. The minimum atomic E-state index is 0.935. The van der Waals surface area contributed by atoms with E-state index in [1.54, 1.807) is 16.8 Å². The van der Waals surface area contributed by atoms with Gasteiger partial charge in [-0.05, 0) is 25.9 Å². The van der Waals surface area contributed by atoms with Crippen molar-refractivity contribution in [3.05, 3.63) is 5.51 Å². The normalized spacial score (nSPS) is 18.7. The number of likely N-dealkylation sites (tertiary alicyclic amines) is 1. The molecule has 0 spiro atoms. The Bertz CT molecular complexity index is 254. The molecule has 1 N–H and O–H groups in total. The van der Waals surface area contributed by atoms with Crippen molar-refractivity contribution in [3.63, 3.8) is 0 Å². The van der Waals surface area contributed by atoms with Crippen LogP contribution in [0.2, 0.25) is 0 Å². The molecule has 1 aliphatic rings. The van der Waals surface area contributed by atoms with E-state index in [-0.39, 0.29) is 0 Å². The number of nitrogens with one attached hydrogen (secondary N) is 1. The molecule has 0 atom stereocenters. The van der Waals surface area contributed by atoms with Gasteiger partial charge < -0.3 is 10.2 Å². The number of hydrogen-bond donors (Lipinski definition) is 1. The molecule has 5 heteroatoms. The van der Waals surface area contributed by atoms with E-state index in [2.05, 4.69) is 20.4 Å². The summed E-state index contributed by atoms with van der Waals surface area (Å²) in [5.74, 6) is 0. The highest BCUT2D eigenvalue weighted by molar-refractivity contribution is 7.13. The molecular formula is C10H18N4S. The van der Waals surface area contributed by atoms with E-state index in [0.717, 1.165) is 18.2 Å². The average Bonchev–Trinajstić information content (AvgIpc) is 2.62. The minimum Gasteiger partial charge on any atom is -0.359 e. The van der Waals surface area contributed by atoms with Gasteiger partial charge >= 0.3 is 0 Å². The van der Waals surface area contributed by atoms with Crippen LogP contribution in [0.15, 0.2) is 5.51 Å². The Kier molecular flexibility index (Phi) is 4.35. The summed E-state index contributed by atoms with van der Waals surface area (Å²) in [7, 11) is 0. The lowest BCUT2D eigenvalue weighted by atomic mass is 10.2. The van der Waals surface area contributed by atoms with Crippen LogP contribution in [0.3, 0.4) is 0 Å². The standard InChI is InChI=1S/C10H18N4S/c1-2-4-7-14(6-3-1)8-5-11-10-13-12-9-15-10/h9H,1-8H2,(H,11,13). The van der Waals surface area contributed by atoms with E-state index >= 15 is 0 Å². The monoisotopic (exact) mass is 226 g/mol. The molecule has 0 amide bonds. The van der Waals surface area contributed by atoms with Crippen molar-refractivity contribution < 1.29 is 0 Å². The molecule has 15 heavy (non-hydrogen) atoms. The number of hydrogen-bond acceptors (Lipinski definition) is 5. The summed E-state index contributed by atoms with van der Waals surface area (Å²) in [5.41, 5.74) is 1.76. The van der Waals surface area contributed by atoms with E-state index in [4.69, 9.17) is 0 Å². The summed E-state index contributed by atoms with van der Waals surface area (Å²) in [6.45, 7) is 4.63. The van der Waals surface area contributed by atoms with Gasteiger partial charge in [0, 0.05) is 13.1 Å². The van der Waals surface area contributed by atoms with E-state index in [9.17, 15) is 0 Å². The van der Waals surface area contributed by atoms with Crippen LogP contribution in [0.4, 0.5) is 5.13 Å². The van der Waals surface area contributed by atoms with E-state index < -0.39 is 0 Å². The van der Waals surface area contributed by atoms with Crippen molar-refractivity contribution in [3.8, 4) is 0 Å². The summed E-state index contributed by atoms with van der Waals surface area (Å²) in [6, 6.07) is 0. The molecule has 1 aromatic rings. The Morgan fingerprint density at radius 2 is 2.07 bits per heavy atom. The highest BCUT2D eigenvalue weighted by Gasteiger charge is 2.08. The maximum absolute atomic E-state index is 3.96. The third-order valence-corrected chi connectivity index (χ3v) is 3.41. The van der Waals surface area contributed by atoms with Crippen LogP contribution in [-0.4, -0.2) is 41.3 Å². The fourth-order valence-corrected chi connectivity index (χ4v) is 2.40. The molecule has 1 aromatic heterocycles. The lowest BCUT2D eigenvalue weighted by Crippen LogP contribution is -2.29. The summed E-state index contributed by atoms with van der Waals surface area (Å²) in [5, 5.41) is 12.0. The quantitative estimate of drug-likeness (QED) is 0.850. The first-order chi connectivity index (χ1) is 7.45. The van der Waals surface area contributed by atoms with E-state index in [0.29, 0.717) is 0 Å². The molecule has 1 aliphatic heterocycles. The molecule has 2 heterocycles. The Morgan fingerprint density at radius 3 is 2.73 bits per heavy atom. The van der Waals surface area contributed by atoms with Gasteiger partial charge in [-0.15, -0.1) is 10.2 Å². The van der Waals surface area contributed by atoms with Crippen LogP contribution < -0.4 is 5.32 Å². The molecule has 0 aliphatic carbocycles.